The van der Waals surface area contributed by atoms with Gasteiger partial charge in [0.15, 0.2) is 0 Å². The van der Waals surface area contributed by atoms with Crippen LogP contribution < -0.4 is 4.74 Å². The summed E-state index contributed by atoms with van der Waals surface area (Å²) in [6.07, 6.45) is 0. The Hall–Kier alpha value is -6.44. The third-order valence-electron chi connectivity index (χ3n) is 10.1. The summed E-state index contributed by atoms with van der Waals surface area (Å²) in [6.45, 7) is 0. The van der Waals surface area contributed by atoms with Gasteiger partial charge in [-0.3, -0.25) is 0 Å². The van der Waals surface area contributed by atoms with Gasteiger partial charge in [0, 0.05) is 10.9 Å². The van der Waals surface area contributed by atoms with Gasteiger partial charge in [-0.2, -0.15) is 0 Å². The zero-order valence-corrected chi connectivity index (χ0v) is 26.7. The molecule has 0 atom stereocenters. The van der Waals surface area contributed by atoms with Crippen LogP contribution in [0.15, 0.2) is 182 Å². The third kappa shape index (κ3) is 4.40. The maximum atomic E-state index is 6.68. The van der Waals surface area contributed by atoms with E-state index < -0.39 is 0 Å². The molecule has 1 heteroatoms. The lowest BCUT2D eigenvalue weighted by Gasteiger charge is -2.24. The molecule has 0 saturated heterocycles. The molecule has 0 fully saturated rings. The van der Waals surface area contributed by atoms with Crippen LogP contribution in [-0.4, -0.2) is 0 Å². The van der Waals surface area contributed by atoms with E-state index in [0.717, 1.165) is 22.4 Å². The van der Waals surface area contributed by atoms with Gasteiger partial charge >= 0.3 is 0 Å². The number of hydrogen-bond acceptors (Lipinski definition) is 1. The average Bonchev–Trinajstić information content (AvgIpc) is 3.18. The Kier molecular flexibility index (Phi) is 6.25. The molecule has 9 aromatic rings. The van der Waals surface area contributed by atoms with Gasteiger partial charge in [0.2, 0.25) is 0 Å². The summed E-state index contributed by atoms with van der Waals surface area (Å²) < 4.78 is 6.68. The molecule has 1 nitrogen and oxygen atoms in total. The lowest BCUT2D eigenvalue weighted by molar-refractivity contribution is 0.487. The van der Waals surface area contributed by atoms with Crippen molar-refractivity contribution < 1.29 is 4.74 Å². The summed E-state index contributed by atoms with van der Waals surface area (Å²) in [4.78, 5) is 0. The minimum absolute atomic E-state index is 0.886. The molecule has 0 spiro atoms. The molecule has 0 aliphatic carbocycles. The van der Waals surface area contributed by atoms with E-state index in [1.54, 1.807) is 0 Å². The normalized spacial score (nSPS) is 11.8. The van der Waals surface area contributed by atoms with Crippen molar-refractivity contribution in [3.05, 3.63) is 182 Å². The SMILES string of the molecule is c1ccc(-c2cccc(-c3ccc4c5c(cccc35)-c3cc(-c5c6ccccc6c(-c6ccccc6)c6ccccc56)ccc3O4)c2)cc1. The summed E-state index contributed by atoms with van der Waals surface area (Å²) in [7, 11) is 0. The minimum Gasteiger partial charge on any atom is -0.456 e. The fourth-order valence-electron chi connectivity index (χ4n) is 7.89. The largest absolute Gasteiger partial charge is 0.456 e. The van der Waals surface area contributed by atoms with Crippen molar-refractivity contribution in [3.63, 3.8) is 0 Å². The Bertz CT molecular complexity index is 2670. The van der Waals surface area contributed by atoms with Crippen LogP contribution in [0.5, 0.6) is 11.5 Å². The molecule has 49 heavy (non-hydrogen) atoms. The smallest absolute Gasteiger partial charge is 0.135 e. The molecule has 10 rings (SSSR count). The zero-order valence-electron chi connectivity index (χ0n) is 26.7. The molecule has 0 bridgehead atoms. The molecule has 228 valence electrons. The predicted molar refractivity (Wildman–Crippen MR) is 206 cm³/mol. The van der Waals surface area contributed by atoms with Gasteiger partial charge in [-0.15, -0.1) is 0 Å². The van der Waals surface area contributed by atoms with E-state index in [1.165, 1.54) is 77.0 Å². The Morgan fingerprint density at radius 1 is 0.265 bits per heavy atom. The Morgan fingerprint density at radius 2 is 0.796 bits per heavy atom. The van der Waals surface area contributed by atoms with Gasteiger partial charge in [-0.05, 0) is 101 Å². The van der Waals surface area contributed by atoms with Crippen molar-refractivity contribution in [2.24, 2.45) is 0 Å². The summed E-state index contributed by atoms with van der Waals surface area (Å²) in [5, 5.41) is 7.35. The van der Waals surface area contributed by atoms with Crippen molar-refractivity contribution in [2.75, 3.05) is 0 Å². The zero-order chi connectivity index (χ0) is 32.3. The van der Waals surface area contributed by atoms with Gasteiger partial charge in [-0.1, -0.05) is 158 Å². The van der Waals surface area contributed by atoms with Crippen molar-refractivity contribution in [3.8, 4) is 67.1 Å². The molecule has 1 heterocycles. The van der Waals surface area contributed by atoms with Gasteiger partial charge in [0.25, 0.3) is 0 Å². The molecule has 0 aromatic heterocycles. The molecule has 0 radical (unpaired) electrons. The fourth-order valence-corrected chi connectivity index (χ4v) is 7.89. The quantitative estimate of drug-likeness (QED) is 0.177. The Balaban J connectivity index is 1.18. The van der Waals surface area contributed by atoms with Crippen LogP contribution in [0, 0.1) is 0 Å². The monoisotopic (exact) mass is 622 g/mol. The lowest BCUT2D eigenvalue weighted by atomic mass is 9.84. The van der Waals surface area contributed by atoms with Crippen LogP contribution in [0.3, 0.4) is 0 Å². The highest BCUT2D eigenvalue weighted by atomic mass is 16.5. The van der Waals surface area contributed by atoms with Gasteiger partial charge in [0.1, 0.15) is 11.5 Å². The lowest BCUT2D eigenvalue weighted by Crippen LogP contribution is -1.99. The summed E-state index contributed by atoms with van der Waals surface area (Å²) in [5.41, 5.74) is 12.1. The molecule has 9 aromatic carbocycles. The Labute approximate surface area is 285 Å². The number of benzene rings is 9. The van der Waals surface area contributed by atoms with Crippen LogP contribution in [-0.2, 0) is 0 Å². The van der Waals surface area contributed by atoms with Crippen molar-refractivity contribution in [1.82, 2.24) is 0 Å². The summed E-state index contributed by atoms with van der Waals surface area (Å²) >= 11 is 0. The summed E-state index contributed by atoms with van der Waals surface area (Å²) in [5.74, 6) is 1.79. The van der Waals surface area contributed by atoms with Crippen LogP contribution in [0.4, 0.5) is 0 Å². The first-order valence-electron chi connectivity index (χ1n) is 16.8. The third-order valence-corrected chi connectivity index (χ3v) is 10.1. The van der Waals surface area contributed by atoms with Crippen molar-refractivity contribution >= 4 is 32.3 Å². The molecule has 0 saturated carbocycles. The molecule has 1 aliphatic heterocycles. The molecule has 0 unspecified atom stereocenters. The maximum Gasteiger partial charge on any atom is 0.135 e. The van der Waals surface area contributed by atoms with Crippen LogP contribution >= 0.6 is 0 Å². The van der Waals surface area contributed by atoms with Crippen LogP contribution in [0.25, 0.3) is 88.0 Å². The number of rotatable bonds is 4. The van der Waals surface area contributed by atoms with Crippen molar-refractivity contribution in [1.29, 1.82) is 0 Å². The van der Waals surface area contributed by atoms with E-state index in [1.807, 2.05) is 0 Å². The second-order valence-corrected chi connectivity index (χ2v) is 12.8. The second-order valence-electron chi connectivity index (χ2n) is 12.8. The van der Waals surface area contributed by atoms with Crippen molar-refractivity contribution in [2.45, 2.75) is 0 Å². The molecule has 0 N–H and O–H groups in total. The van der Waals surface area contributed by atoms with E-state index in [2.05, 4.69) is 182 Å². The number of fused-ring (bicyclic) bond motifs is 4. The first-order valence-corrected chi connectivity index (χ1v) is 16.8. The standard InChI is InChI=1S/C48H30O/c1-3-13-31(14-4-1)33-17-11-18-34(29-33)36-26-28-45-48-37(36)23-12-24-42(48)43-30-35(25-27-44(43)49-45)47-40-21-9-7-19-38(40)46(32-15-5-2-6-16-32)39-20-8-10-22-41(39)47/h1-30H. The first-order chi connectivity index (χ1) is 24.3. The predicted octanol–water partition coefficient (Wildman–Crippen LogP) is 13.6. The van der Waals surface area contributed by atoms with E-state index in [0.29, 0.717) is 0 Å². The van der Waals surface area contributed by atoms with E-state index in [9.17, 15) is 0 Å². The van der Waals surface area contributed by atoms with Crippen LogP contribution in [0.1, 0.15) is 0 Å². The van der Waals surface area contributed by atoms with Gasteiger partial charge in [-0.25, -0.2) is 0 Å². The van der Waals surface area contributed by atoms with E-state index >= 15 is 0 Å². The average molecular weight is 623 g/mol. The van der Waals surface area contributed by atoms with E-state index in [4.69, 9.17) is 4.74 Å². The topological polar surface area (TPSA) is 9.23 Å². The summed E-state index contributed by atoms with van der Waals surface area (Å²) in [6, 6.07) is 65.6. The Morgan fingerprint density at radius 3 is 1.49 bits per heavy atom. The maximum absolute atomic E-state index is 6.68. The number of ether oxygens (including phenoxy) is 1. The van der Waals surface area contributed by atoms with Gasteiger partial charge < -0.3 is 4.74 Å². The molecule has 1 aliphatic rings. The molecule has 0 amide bonds. The highest BCUT2D eigenvalue weighted by Gasteiger charge is 2.24. The highest BCUT2D eigenvalue weighted by Crippen LogP contribution is 2.51. The highest BCUT2D eigenvalue weighted by molar-refractivity contribution is 6.21. The second kappa shape index (κ2) is 11.1. The minimum atomic E-state index is 0.886. The fraction of sp³-hybridized carbons (Fsp3) is 0. The van der Waals surface area contributed by atoms with Crippen LogP contribution in [0.2, 0.25) is 0 Å². The first kappa shape index (κ1) is 27.7. The molecular formula is C48H30O. The molecular weight excluding hydrogens is 593 g/mol. The van der Waals surface area contributed by atoms with E-state index in [-0.39, 0.29) is 0 Å². The number of hydrogen-bond donors (Lipinski definition) is 0. The van der Waals surface area contributed by atoms with Gasteiger partial charge in [0.05, 0.1) is 0 Å².